The molecular formula is C34H49N3O6. The number of aldehydes is 2. The van der Waals surface area contributed by atoms with E-state index in [1.807, 2.05) is 76.1 Å². The van der Waals surface area contributed by atoms with Crippen LogP contribution in [0.4, 0.5) is 10.5 Å². The van der Waals surface area contributed by atoms with E-state index in [0.29, 0.717) is 38.6 Å². The highest BCUT2D eigenvalue weighted by molar-refractivity contribution is 5.96. The summed E-state index contributed by atoms with van der Waals surface area (Å²) in [5.41, 5.74) is 3.78. The molecule has 9 nitrogen and oxygen atoms in total. The summed E-state index contributed by atoms with van der Waals surface area (Å²) in [6, 6.07) is 6.02. The number of aliphatic hydroxyl groups excluding tert-OH is 1. The predicted molar refractivity (Wildman–Crippen MR) is 169 cm³/mol. The lowest BCUT2D eigenvalue weighted by atomic mass is 9.86. The van der Waals surface area contributed by atoms with Crippen molar-refractivity contribution in [2.24, 2.45) is 17.8 Å². The van der Waals surface area contributed by atoms with Gasteiger partial charge in [0.25, 0.3) is 0 Å². The van der Waals surface area contributed by atoms with E-state index in [2.05, 4.69) is 4.90 Å². The van der Waals surface area contributed by atoms with Gasteiger partial charge in [0.1, 0.15) is 18.7 Å². The zero-order valence-electron chi connectivity index (χ0n) is 26.4. The smallest absolute Gasteiger partial charge is 0.410 e. The van der Waals surface area contributed by atoms with Crippen LogP contribution >= 0.6 is 0 Å². The van der Waals surface area contributed by atoms with Gasteiger partial charge in [0.15, 0.2) is 0 Å². The van der Waals surface area contributed by atoms with Gasteiger partial charge in [-0.3, -0.25) is 4.79 Å². The number of nitrogens with zero attached hydrogens (tertiary/aromatic N) is 3. The minimum atomic E-state index is -0.727. The SMILES string of the molecule is C/C(=C\c1ccc(C)c(N2CCCC2=O)c1)[C@@H](C=O)[C@@H](C)/C=C/[C@H](OC(=O)N1CCN(C)CC1)[C@@H](C)CC[C@@H](O)CC=O. The molecule has 1 aromatic rings. The molecule has 0 bridgehead atoms. The molecule has 0 aliphatic carbocycles. The second-order valence-corrected chi connectivity index (χ2v) is 12.2. The van der Waals surface area contributed by atoms with Crippen LogP contribution in [-0.2, 0) is 19.1 Å². The fourth-order valence-electron chi connectivity index (χ4n) is 5.69. The lowest BCUT2D eigenvalue weighted by molar-refractivity contribution is -0.117. The minimum Gasteiger partial charge on any atom is -0.442 e. The van der Waals surface area contributed by atoms with Gasteiger partial charge in [-0.1, -0.05) is 43.7 Å². The Kier molecular flexibility index (Phi) is 13.1. The Morgan fingerprint density at radius 1 is 1.07 bits per heavy atom. The van der Waals surface area contributed by atoms with Gasteiger partial charge in [0.2, 0.25) is 5.91 Å². The van der Waals surface area contributed by atoms with E-state index in [4.69, 9.17) is 4.74 Å². The Morgan fingerprint density at radius 3 is 2.42 bits per heavy atom. The number of benzene rings is 1. The average Bonchev–Trinajstić information content (AvgIpc) is 3.41. The molecule has 2 fully saturated rings. The van der Waals surface area contributed by atoms with Gasteiger partial charge < -0.3 is 34.1 Å². The summed E-state index contributed by atoms with van der Waals surface area (Å²) in [7, 11) is 2.02. The molecule has 43 heavy (non-hydrogen) atoms. The van der Waals surface area contributed by atoms with Crippen molar-refractivity contribution in [3.8, 4) is 0 Å². The Labute approximate surface area is 256 Å². The predicted octanol–water partition coefficient (Wildman–Crippen LogP) is 4.65. The normalized spacial score (nSPS) is 20.1. The highest BCUT2D eigenvalue weighted by atomic mass is 16.6. The zero-order valence-corrected chi connectivity index (χ0v) is 26.4. The summed E-state index contributed by atoms with van der Waals surface area (Å²) in [6.07, 6.45) is 8.30. The van der Waals surface area contributed by atoms with Gasteiger partial charge in [0, 0.05) is 57.2 Å². The van der Waals surface area contributed by atoms with Crippen molar-refractivity contribution in [1.29, 1.82) is 0 Å². The van der Waals surface area contributed by atoms with E-state index in [9.17, 15) is 24.3 Å². The van der Waals surface area contributed by atoms with Crippen molar-refractivity contribution in [2.45, 2.75) is 72.0 Å². The van der Waals surface area contributed by atoms with Crippen LogP contribution in [-0.4, -0.2) is 91.5 Å². The van der Waals surface area contributed by atoms with Crippen LogP contribution in [0, 0.1) is 24.7 Å². The van der Waals surface area contributed by atoms with E-state index in [-0.39, 0.29) is 30.3 Å². The minimum absolute atomic E-state index is 0.0782. The Hall–Kier alpha value is -3.30. The molecule has 5 atom stereocenters. The third-order valence-electron chi connectivity index (χ3n) is 8.72. The Bertz CT molecular complexity index is 1170. The average molecular weight is 596 g/mol. The molecule has 236 valence electrons. The van der Waals surface area contributed by atoms with Crippen molar-refractivity contribution >= 4 is 36.3 Å². The van der Waals surface area contributed by atoms with Crippen LogP contribution in [0.25, 0.3) is 6.08 Å². The first kappa shape index (κ1) is 34.2. The number of hydrogen-bond acceptors (Lipinski definition) is 7. The molecule has 2 amide bonds. The van der Waals surface area contributed by atoms with Crippen LogP contribution in [0.3, 0.4) is 0 Å². The fraction of sp³-hybridized carbons (Fsp3) is 0.588. The molecule has 0 spiro atoms. The molecule has 0 aromatic heterocycles. The maximum Gasteiger partial charge on any atom is 0.410 e. The highest BCUT2D eigenvalue weighted by Gasteiger charge is 2.27. The van der Waals surface area contributed by atoms with Crippen molar-refractivity contribution in [2.75, 3.05) is 44.7 Å². The number of aliphatic hydroxyl groups is 1. The highest BCUT2D eigenvalue weighted by Crippen LogP contribution is 2.29. The monoisotopic (exact) mass is 595 g/mol. The second-order valence-electron chi connectivity index (χ2n) is 12.2. The molecule has 3 rings (SSSR count). The number of piperazine rings is 1. The number of aryl methyl sites for hydroxylation is 1. The first-order valence-electron chi connectivity index (χ1n) is 15.5. The van der Waals surface area contributed by atoms with E-state index in [0.717, 1.165) is 54.7 Å². The number of amides is 2. The van der Waals surface area contributed by atoms with E-state index in [1.165, 1.54) is 0 Å². The number of anilines is 1. The summed E-state index contributed by atoms with van der Waals surface area (Å²) in [5.74, 6) is -0.530. The molecule has 2 saturated heterocycles. The molecule has 1 aromatic carbocycles. The maximum atomic E-state index is 13.0. The summed E-state index contributed by atoms with van der Waals surface area (Å²) in [4.78, 5) is 54.2. The van der Waals surface area contributed by atoms with Gasteiger partial charge in [-0.05, 0) is 75.3 Å². The number of hydrogen-bond donors (Lipinski definition) is 1. The number of likely N-dealkylation sites (N-methyl/N-ethyl adjacent to an activating group) is 1. The third-order valence-corrected chi connectivity index (χ3v) is 8.72. The lowest BCUT2D eigenvalue weighted by Gasteiger charge is -2.33. The molecule has 0 saturated carbocycles. The van der Waals surface area contributed by atoms with Crippen molar-refractivity contribution in [3.05, 3.63) is 47.1 Å². The number of carbonyl (C=O) groups is 4. The molecule has 9 heteroatoms. The standard InChI is InChI=1S/C34H49N3O6/c1-24(30(23-39)27(4)21-28-11-8-25(2)31(22-28)37-15-6-7-33(37)41)10-13-32(26(3)9-12-29(40)14-20-38)43-34(42)36-18-16-35(5)17-19-36/h8,10-11,13,20-24,26,29-30,32,40H,6-7,9,12,14-19H2,1-5H3/b13-10+,27-21+/t24-,26-,29+,30-,32-/m0/s1. The Balaban J connectivity index is 1.75. The van der Waals surface area contributed by atoms with E-state index >= 15 is 0 Å². The van der Waals surface area contributed by atoms with E-state index < -0.39 is 18.1 Å². The van der Waals surface area contributed by atoms with Crippen molar-refractivity contribution in [1.82, 2.24) is 9.80 Å². The number of ether oxygens (including phenoxy) is 1. The van der Waals surface area contributed by atoms with Crippen molar-refractivity contribution < 1.29 is 29.0 Å². The van der Waals surface area contributed by atoms with Crippen LogP contribution < -0.4 is 4.90 Å². The molecule has 1 N–H and O–H groups in total. The largest absolute Gasteiger partial charge is 0.442 e. The lowest BCUT2D eigenvalue weighted by Crippen LogP contribution is -2.48. The molecule has 2 heterocycles. The summed E-state index contributed by atoms with van der Waals surface area (Å²) in [6.45, 7) is 11.3. The van der Waals surface area contributed by atoms with Gasteiger partial charge in [-0.15, -0.1) is 0 Å². The van der Waals surface area contributed by atoms with Crippen molar-refractivity contribution in [3.63, 3.8) is 0 Å². The van der Waals surface area contributed by atoms with Gasteiger partial charge in [-0.25, -0.2) is 4.79 Å². The number of carbonyl (C=O) groups excluding carboxylic acids is 4. The maximum absolute atomic E-state index is 13.0. The van der Waals surface area contributed by atoms with Gasteiger partial charge >= 0.3 is 6.09 Å². The quantitative estimate of drug-likeness (QED) is 0.246. The van der Waals surface area contributed by atoms with E-state index in [1.54, 1.807) is 4.90 Å². The molecule has 0 radical (unpaired) electrons. The molecule has 2 aliphatic heterocycles. The van der Waals surface area contributed by atoms with Gasteiger partial charge in [-0.2, -0.15) is 0 Å². The first-order chi connectivity index (χ1) is 20.5. The van der Waals surface area contributed by atoms with Gasteiger partial charge in [0.05, 0.1) is 6.10 Å². The number of rotatable bonds is 14. The fourth-order valence-corrected chi connectivity index (χ4v) is 5.69. The zero-order chi connectivity index (χ0) is 31.5. The second kappa shape index (κ2) is 16.5. The Morgan fingerprint density at radius 2 is 1.79 bits per heavy atom. The summed E-state index contributed by atoms with van der Waals surface area (Å²) < 4.78 is 5.98. The number of allylic oxidation sites excluding steroid dienone is 2. The topological polar surface area (TPSA) is 107 Å². The molecule has 0 unspecified atom stereocenters. The summed E-state index contributed by atoms with van der Waals surface area (Å²) in [5, 5.41) is 10.1. The molecular weight excluding hydrogens is 546 g/mol. The third kappa shape index (κ3) is 9.86. The van der Waals surface area contributed by atoms with Crippen LogP contribution in [0.5, 0.6) is 0 Å². The molecule has 2 aliphatic rings. The van der Waals surface area contributed by atoms with Crippen LogP contribution in [0.1, 0.15) is 64.0 Å². The first-order valence-corrected chi connectivity index (χ1v) is 15.5. The summed E-state index contributed by atoms with van der Waals surface area (Å²) >= 11 is 0. The van der Waals surface area contributed by atoms with Crippen LogP contribution in [0.2, 0.25) is 0 Å². The van der Waals surface area contributed by atoms with Crippen LogP contribution in [0.15, 0.2) is 35.9 Å².